The van der Waals surface area contributed by atoms with Gasteiger partial charge >= 0.3 is 17.8 Å². The van der Waals surface area contributed by atoms with Crippen LogP contribution in [0.25, 0.3) is 0 Å². The number of aryl methyl sites for hydroxylation is 1. The lowest BCUT2D eigenvalue weighted by Crippen LogP contribution is -2.50. The fourth-order valence-electron chi connectivity index (χ4n) is 3.91. The van der Waals surface area contributed by atoms with Crippen LogP contribution in [-0.4, -0.2) is 18.0 Å². The lowest BCUT2D eigenvalue weighted by atomic mass is 9.67. The van der Waals surface area contributed by atoms with Gasteiger partial charge in [0.1, 0.15) is 12.6 Å². The monoisotopic (exact) mass is 417 g/mol. The van der Waals surface area contributed by atoms with Crippen LogP contribution in [-0.2, 0) is 32.3 Å². The van der Waals surface area contributed by atoms with Crippen LogP contribution in [0, 0.1) is 12.3 Å². The molecule has 0 bridgehead atoms. The Morgan fingerprint density at radius 2 is 1.77 bits per heavy atom. The van der Waals surface area contributed by atoms with E-state index in [9.17, 15) is 14.4 Å². The molecule has 30 heavy (non-hydrogen) atoms. The zero-order valence-electron chi connectivity index (χ0n) is 17.1. The van der Waals surface area contributed by atoms with Crippen LogP contribution in [0.4, 0.5) is 0 Å². The molecule has 0 aliphatic heterocycles. The number of hydrogen-bond acceptors (Lipinski definition) is 8. The van der Waals surface area contributed by atoms with Gasteiger partial charge in [0.15, 0.2) is 18.1 Å². The summed E-state index contributed by atoms with van der Waals surface area (Å²) in [5.74, 6) is -1.50. The van der Waals surface area contributed by atoms with E-state index >= 15 is 0 Å². The topological polar surface area (TPSA) is 122 Å². The Bertz CT molecular complexity index is 909. The van der Waals surface area contributed by atoms with Gasteiger partial charge in [-0.15, -0.1) is 0 Å². The van der Waals surface area contributed by atoms with Crippen LogP contribution in [0.5, 0.6) is 0 Å². The molecule has 162 valence electrons. The lowest BCUT2D eigenvalue weighted by Gasteiger charge is -2.39. The molecule has 2 aromatic rings. The zero-order valence-corrected chi connectivity index (χ0v) is 17.1. The smallest absolute Gasteiger partial charge is 0.461 e. The Hall–Kier alpha value is -2.87. The van der Waals surface area contributed by atoms with Crippen molar-refractivity contribution >= 4 is 11.9 Å². The molecule has 1 fully saturated rings. The minimum atomic E-state index is -0.985. The molecular weight excluding hydrogens is 390 g/mol. The van der Waals surface area contributed by atoms with Crippen molar-refractivity contribution in [3.05, 3.63) is 58.0 Å². The normalized spacial score (nSPS) is 16.6. The molecule has 8 heteroatoms. The standard InChI is InChI=1S/C22H27NO7/c1-15-17(30-21(26)29-15)14-28-20(25)19(23)22(10-6-3-7-11-22)12-18(24)27-13-16-8-4-2-5-9-16/h2,4-5,8-9,19H,3,6-7,10-14,23H2,1H3. The molecule has 8 nitrogen and oxygen atoms in total. The summed E-state index contributed by atoms with van der Waals surface area (Å²) in [6.07, 6.45) is 4.12. The van der Waals surface area contributed by atoms with Crippen molar-refractivity contribution in [3.8, 4) is 0 Å². The second-order valence-electron chi connectivity index (χ2n) is 7.76. The second-order valence-corrected chi connectivity index (χ2v) is 7.76. The molecule has 0 radical (unpaired) electrons. The van der Waals surface area contributed by atoms with Gasteiger partial charge in [-0.25, -0.2) is 4.79 Å². The Morgan fingerprint density at radius 1 is 1.07 bits per heavy atom. The third-order valence-corrected chi connectivity index (χ3v) is 5.68. The summed E-state index contributed by atoms with van der Waals surface area (Å²) in [6.45, 7) is 1.46. The average Bonchev–Trinajstić information content (AvgIpc) is 3.08. The number of carbonyl (C=O) groups is 2. The molecule has 1 aliphatic rings. The summed E-state index contributed by atoms with van der Waals surface area (Å²) in [7, 11) is 0. The molecule has 1 unspecified atom stereocenters. The number of hydrogen-bond donors (Lipinski definition) is 1. The summed E-state index contributed by atoms with van der Waals surface area (Å²) in [5.41, 5.74) is 6.47. The summed E-state index contributed by atoms with van der Waals surface area (Å²) in [5, 5.41) is 0. The zero-order chi connectivity index (χ0) is 21.6. The third-order valence-electron chi connectivity index (χ3n) is 5.68. The van der Waals surface area contributed by atoms with Crippen LogP contribution in [0.2, 0.25) is 0 Å². The Labute approximate surface area is 174 Å². The molecule has 2 N–H and O–H groups in total. The minimum absolute atomic E-state index is 0.0515. The van der Waals surface area contributed by atoms with Gasteiger partial charge in [-0.1, -0.05) is 49.6 Å². The van der Waals surface area contributed by atoms with Gasteiger partial charge < -0.3 is 24.0 Å². The largest absolute Gasteiger partial charge is 0.519 e. The van der Waals surface area contributed by atoms with E-state index in [4.69, 9.17) is 24.0 Å². The highest BCUT2D eigenvalue weighted by Gasteiger charge is 2.44. The maximum Gasteiger partial charge on any atom is 0.519 e. The Morgan fingerprint density at radius 3 is 2.40 bits per heavy atom. The molecule has 1 aliphatic carbocycles. The van der Waals surface area contributed by atoms with Gasteiger partial charge in [-0.3, -0.25) is 9.59 Å². The van der Waals surface area contributed by atoms with Crippen molar-refractivity contribution in [1.82, 2.24) is 0 Å². The predicted octanol–water partition coefficient (Wildman–Crippen LogP) is 3.00. The first-order valence-corrected chi connectivity index (χ1v) is 10.1. The number of benzene rings is 1. The van der Waals surface area contributed by atoms with Crippen LogP contribution in [0.1, 0.15) is 55.6 Å². The molecule has 0 amide bonds. The van der Waals surface area contributed by atoms with Crippen molar-refractivity contribution in [2.45, 2.75) is 64.7 Å². The summed E-state index contributed by atoms with van der Waals surface area (Å²) < 4.78 is 20.3. The predicted molar refractivity (Wildman–Crippen MR) is 106 cm³/mol. The molecule has 1 saturated carbocycles. The highest BCUT2D eigenvalue weighted by molar-refractivity contribution is 5.79. The van der Waals surface area contributed by atoms with E-state index < -0.39 is 23.2 Å². The number of carbonyl (C=O) groups excluding carboxylic acids is 2. The maximum atomic E-state index is 12.7. The van der Waals surface area contributed by atoms with E-state index in [1.54, 1.807) is 6.92 Å². The van der Waals surface area contributed by atoms with E-state index in [0.717, 1.165) is 24.8 Å². The fraction of sp³-hybridized carbons (Fsp3) is 0.500. The van der Waals surface area contributed by atoms with Gasteiger partial charge in [0.25, 0.3) is 0 Å². The van der Waals surface area contributed by atoms with Gasteiger partial charge in [0.2, 0.25) is 0 Å². The highest BCUT2D eigenvalue weighted by Crippen LogP contribution is 2.42. The highest BCUT2D eigenvalue weighted by atomic mass is 16.6. The van der Waals surface area contributed by atoms with Crippen molar-refractivity contribution < 1.29 is 27.9 Å². The molecule has 1 aromatic carbocycles. The van der Waals surface area contributed by atoms with Gasteiger partial charge in [-0.2, -0.15) is 0 Å². The van der Waals surface area contributed by atoms with Gasteiger partial charge in [-0.05, 0) is 25.3 Å². The molecule has 1 atom stereocenters. The van der Waals surface area contributed by atoms with Crippen LogP contribution in [0.15, 0.2) is 44.0 Å². The maximum absolute atomic E-state index is 12.7. The van der Waals surface area contributed by atoms with Crippen molar-refractivity contribution in [2.75, 3.05) is 0 Å². The Balaban J connectivity index is 1.62. The first-order chi connectivity index (χ1) is 14.4. The average molecular weight is 417 g/mol. The first-order valence-electron chi connectivity index (χ1n) is 10.1. The molecule has 1 aromatic heterocycles. The summed E-state index contributed by atoms with van der Waals surface area (Å²) >= 11 is 0. The third kappa shape index (κ3) is 5.38. The SMILES string of the molecule is Cc1oc(=O)oc1COC(=O)C(N)C1(CC(=O)OCc2ccccc2)CCCCC1. The van der Waals surface area contributed by atoms with Crippen molar-refractivity contribution in [1.29, 1.82) is 0 Å². The van der Waals surface area contributed by atoms with Crippen LogP contribution < -0.4 is 11.6 Å². The van der Waals surface area contributed by atoms with Crippen LogP contribution >= 0.6 is 0 Å². The quantitative estimate of drug-likeness (QED) is 0.651. The van der Waals surface area contributed by atoms with E-state index in [1.807, 2.05) is 30.3 Å². The van der Waals surface area contributed by atoms with Crippen LogP contribution in [0.3, 0.4) is 0 Å². The molecular formula is C22H27NO7. The van der Waals surface area contributed by atoms with E-state index in [2.05, 4.69) is 0 Å². The second kappa shape index (κ2) is 9.75. The lowest BCUT2D eigenvalue weighted by molar-refractivity contribution is -0.155. The number of rotatable bonds is 8. The Kier molecular flexibility index (Phi) is 7.10. The fourth-order valence-corrected chi connectivity index (χ4v) is 3.91. The van der Waals surface area contributed by atoms with Crippen molar-refractivity contribution in [3.63, 3.8) is 0 Å². The summed E-state index contributed by atoms with van der Waals surface area (Å²) in [4.78, 5) is 36.3. The van der Waals surface area contributed by atoms with E-state index in [1.165, 1.54) is 0 Å². The van der Waals surface area contributed by atoms with E-state index in [-0.39, 0.29) is 37.1 Å². The first kappa shape index (κ1) is 21.8. The van der Waals surface area contributed by atoms with Crippen molar-refractivity contribution in [2.24, 2.45) is 11.1 Å². The van der Waals surface area contributed by atoms with Gasteiger partial charge in [0.05, 0.1) is 6.42 Å². The van der Waals surface area contributed by atoms with E-state index in [0.29, 0.717) is 12.8 Å². The molecule has 1 heterocycles. The molecule has 3 rings (SSSR count). The minimum Gasteiger partial charge on any atom is -0.461 e. The number of esters is 2. The summed E-state index contributed by atoms with van der Waals surface area (Å²) in [6, 6.07) is 8.42. The number of ether oxygens (including phenoxy) is 2. The number of nitrogens with two attached hydrogens (primary N) is 1. The molecule has 0 spiro atoms. The van der Waals surface area contributed by atoms with Gasteiger partial charge in [0, 0.05) is 5.41 Å². The molecule has 0 saturated heterocycles.